The van der Waals surface area contributed by atoms with Gasteiger partial charge in [0.25, 0.3) is 0 Å². The molecule has 1 aliphatic carbocycles. The van der Waals surface area contributed by atoms with Crippen LogP contribution in [0.5, 0.6) is 0 Å². The number of thiophene rings is 1. The van der Waals surface area contributed by atoms with Crippen LogP contribution in [0.25, 0.3) is 0 Å². The minimum atomic E-state index is -0.269. The number of hydrogen-bond donors (Lipinski definition) is 2. The number of carbonyl (C=O) groups is 1. The van der Waals surface area contributed by atoms with Crippen molar-refractivity contribution < 1.29 is 4.79 Å². The molecule has 0 spiro atoms. The summed E-state index contributed by atoms with van der Waals surface area (Å²) in [7, 11) is 0. The normalized spacial score (nSPS) is 18.6. The molecule has 1 aromatic heterocycles. The third kappa shape index (κ3) is 3.80. The Kier molecular flexibility index (Phi) is 4.81. The molecule has 0 radical (unpaired) electrons. The first-order chi connectivity index (χ1) is 8.59. The number of nitrogens with two attached hydrogens (primary N) is 1. The third-order valence-corrected chi connectivity index (χ3v) is 5.43. The number of nitrogens with one attached hydrogen (secondary N) is 1. The van der Waals surface area contributed by atoms with Crippen molar-refractivity contribution in [1.82, 2.24) is 5.32 Å². The number of halogens is 1. The van der Waals surface area contributed by atoms with E-state index in [9.17, 15) is 4.79 Å². The Balaban J connectivity index is 1.80. The van der Waals surface area contributed by atoms with E-state index in [4.69, 9.17) is 5.73 Å². The van der Waals surface area contributed by atoms with Crippen molar-refractivity contribution in [2.24, 2.45) is 5.73 Å². The quantitative estimate of drug-likeness (QED) is 0.890. The summed E-state index contributed by atoms with van der Waals surface area (Å²) < 4.78 is 1.06. The van der Waals surface area contributed by atoms with E-state index < -0.39 is 0 Å². The molecule has 2 rings (SSSR count). The fourth-order valence-electron chi connectivity index (χ4n) is 2.45. The number of amides is 1. The lowest BCUT2D eigenvalue weighted by Gasteiger charge is -2.32. The van der Waals surface area contributed by atoms with Crippen LogP contribution in [0.1, 0.15) is 43.4 Å². The van der Waals surface area contributed by atoms with Crippen molar-refractivity contribution in [1.29, 1.82) is 0 Å². The minimum Gasteiger partial charge on any atom is -0.351 e. The Bertz CT molecular complexity index is 413. The topological polar surface area (TPSA) is 55.1 Å². The van der Waals surface area contributed by atoms with Crippen LogP contribution in [0, 0.1) is 0 Å². The van der Waals surface area contributed by atoms with E-state index in [-0.39, 0.29) is 11.4 Å². The van der Waals surface area contributed by atoms with E-state index in [1.165, 1.54) is 6.42 Å². The highest BCUT2D eigenvalue weighted by Crippen LogP contribution is 2.28. The SMILES string of the molecule is NC1(CC(=O)NCc2sccc2Br)CCCCC1. The first-order valence-corrected chi connectivity index (χ1v) is 8.04. The fraction of sp³-hybridized carbons (Fsp3) is 0.615. The molecule has 100 valence electrons. The summed E-state index contributed by atoms with van der Waals surface area (Å²) in [5, 5.41) is 4.97. The summed E-state index contributed by atoms with van der Waals surface area (Å²) in [4.78, 5) is 13.1. The van der Waals surface area contributed by atoms with E-state index in [0.717, 1.165) is 35.0 Å². The van der Waals surface area contributed by atoms with Crippen LogP contribution in [-0.4, -0.2) is 11.4 Å². The number of rotatable bonds is 4. The second-order valence-corrected chi connectivity index (χ2v) is 6.92. The van der Waals surface area contributed by atoms with Crippen LogP contribution in [0.15, 0.2) is 15.9 Å². The summed E-state index contributed by atoms with van der Waals surface area (Å²) in [6, 6.07) is 2.00. The highest BCUT2D eigenvalue weighted by atomic mass is 79.9. The molecule has 1 aliphatic rings. The van der Waals surface area contributed by atoms with Gasteiger partial charge in [-0.15, -0.1) is 11.3 Å². The molecule has 5 heteroatoms. The smallest absolute Gasteiger partial charge is 0.222 e. The van der Waals surface area contributed by atoms with E-state index >= 15 is 0 Å². The second-order valence-electron chi connectivity index (χ2n) is 5.07. The summed E-state index contributed by atoms with van der Waals surface area (Å²) in [5.74, 6) is 0.0692. The maximum atomic E-state index is 11.9. The van der Waals surface area contributed by atoms with Crippen molar-refractivity contribution in [3.05, 3.63) is 20.8 Å². The summed E-state index contributed by atoms with van der Waals surface area (Å²) in [6.45, 7) is 0.590. The molecule has 1 aromatic rings. The van der Waals surface area contributed by atoms with Gasteiger partial charge in [-0.3, -0.25) is 4.79 Å². The van der Waals surface area contributed by atoms with Crippen LogP contribution in [0.4, 0.5) is 0 Å². The fourth-order valence-corrected chi connectivity index (χ4v) is 3.88. The van der Waals surface area contributed by atoms with Crippen molar-refractivity contribution in [3.8, 4) is 0 Å². The molecule has 0 aromatic carbocycles. The van der Waals surface area contributed by atoms with E-state index in [2.05, 4.69) is 21.2 Å². The zero-order valence-electron chi connectivity index (χ0n) is 10.4. The van der Waals surface area contributed by atoms with E-state index in [0.29, 0.717) is 13.0 Å². The molecule has 0 saturated heterocycles. The van der Waals surface area contributed by atoms with Gasteiger partial charge in [0.1, 0.15) is 0 Å². The zero-order chi connectivity index (χ0) is 13.0. The van der Waals surface area contributed by atoms with Crippen LogP contribution < -0.4 is 11.1 Å². The molecule has 0 aliphatic heterocycles. The Labute approximate surface area is 120 Å². The minimum absolute atomic E-state index is 0.0692. The van der Waals surface area contributed by atoms with Gasteiger partial charge in [-0.2, -0.15) is 0 Å². The van der Waals surface area contributed by atoms with Crippen molar-refractivity contribution >= 4 is 33.2 Å². The molecule has 3 N–H and O–H groups in total. The molecule has 1 heterocycles. The monoisotopic (exact) mass is 330 g/mol. The maximum absolute atomic E-state index is 11.9. The average molecular weight is 331 g/mol. The Morgan fingerprint density at radius 2 is 2.17 bits per heavy atom. The first-order valence-electron chi connectivity index (χ1n) is 6.36. The van der Waals surface area contributed by atoms with Crippen LogP contribution in [0.2, 0.25) is 0 Å². The molecular weight excluding hydrogens is 312 g/mol. The zero-order valence-corrected chi connectivity index (χ0v) is 12.8. The number of carbonyl (C=O) groups excluding carboxylic acids is 1. The van der Waals surface area contributed by atoms with Gasteiger partial charge >= 0.3 is 0 Å². The first kappa shape index (κ1) is 14.0. The van der Waals surface area contributed by atoms with Gasteiger partial charge < -0.3 is 11.1 Å². The average Bonchev–Trinajstić information content (AvgIpc) is 2.72. The van der Waals surface area contributed by atoms with Gasteiger partial charge in [-0.1, -0.05) is 19.3 Å². The van der Waals surface area contributed by atoms with E-state index in [1.807, 2.05) is 11.4 Å². The predicted octanol–water partition coefficient (Wildman–Crippen LogP) is 3.18. The summed E-state index contributed by atoms with van der Waals surface area (Å²) in [6.07, 6.45) is 5.96. The Morgan fingerprint density at radius 1 is 1.44 bits per heavy atom. The van der Waals surface area contributed by atoms with E-state index in [1.54, 1.807) is 11.3 Å². The molecule has 0 bridgehead atoms. The third-order valence-electron chi connectivity index (χ3n) is 3.50. The largest absolute Gasteiger partial charge is 0.351 e. The Morgan fingerprint density at radius 3 is 2.78 bits per heavy atom. The molecule has 3 nitrogen and oxygen atoms in total. The molecule has 1 amide bonds. The number of hydrogen-bond acceptors (Lipinski definition) is 3. The van der Waals surface area contributed by atoms with Gasteiger partial charge in [0.2, 0.25) is 5.91 Å². The molecule has 1 saturated carbocycles. The summed E-state index contributed by atoms with van der Waals surface area (Å²) >= 11 is 5.10. The van der Waals surface area contributed by atoms with Crippen molar-refractivity contribution in [3.63, 3.8) is 0 Å². The standard InChI is InChI=1S/C13H19BrN2OS/c14-10-4-7-18-11(10)9-16-12(17)8-13(15)5-2-1-3-6-13/h4,7H,1-3,5-6,8-9,15H2,(H,16,17). The molecule has 18 heavy (non-hydrogen) atoms. The molecule has 0 atom stereocenters. The predicted molar refractivity (Wildman–Crippen MR) is 78.5 cm³/mol. The highest BCUT2D eigenvalue weighted by molar-refractivity contribution is 9.10. The summed E-state index contributed by atoms with van der Waals surface area (Å²) in [5.41, 5.74) is 6.00. The van der Waals surface area contributed by atoms with Crippen LogP contribution in [0.3, 0.4) is 0 Å². The highest BCUT2D eigenvalue weighted by Gasteiger charge is 2.29. The van der Waals surface area contributed by atoms with Gasteiger partial charge in [-0.25, -0.2) is 0 Å². The van der Waals surface area contributed by atoms with Crippen molar-refractivity contribution in [2.45, 2.75) is 50.6 Å². The lowest BCUT2D eigenvalue weighted by atomic mass is 9.80. The lowest BCUT2D eigenvalue weighted by molar-refractivity contribution is -0.122. The van der Waals surface area contributed by atoms with Crippen molar-refractivity contribution in [2.75, 3.05) is 0 Å². The van der Waals surface area contributed by atoms with Gasteiger partial charge in [0.15, 0.2) is 0 Å². The van der Waals surface area contributed by atoms with Gasteiger partial charge in [0.05, 0.1) is 6.54 Å². The lowest BCUT2D eigenvalue weighted by Crippen LogP contribution is -2.45. The Hall–Kier alpha value is -0.390. The van der Waals surface area contributed by atoms with Gasteiger partial charge in [0, 0.05) is 21.3 Å². The van der Waals surface area contributed by atoms with Crippen LogP contribution in [-0.2, 0) is 11.3 Å². The molecule has 1 fully saturated rings. The van der Waals surface area contributed by atoms with Crippen LogP contribution >= 0.6 is 27.3 Å². The maximum Gasteiger partial charge on any atom is 0.222 e. The van der Waals surface area contributed by atoms with Gasteiger partial charge in [-0.05, 0) is 40.2 Å². The molecular formula is C13H19BrN2OS. The molecule has 0 unspecified atom stereocenters. The second kappa shape index (κ2) is 6.17.